The smallest absolute Gasteiger partial charge is 0.256 e. The molecule has 0 fully saturated rings. The third-order valence-corrected chi connectivity index (χ3v) is 5.62. The number of nitrogens with zero attached hydrogens (tertiary/aromatic N) is 3. The molecule has 6 rings (SSSR count). The molecule has 4 heterocycles. The first-order chi connectivity index (χ1) is 15.6. The van der Waals surface area contributed by atoms with Crippen LogP contribution in [0.3, 0.4) is 0 Å². The third-order valence-electron chi connectivity index (χ3n) is 5.62. The highest BCUT2D eigenvalue weighted by atomic mass is 16.3. The number of carbonyl (C=O) groups excluding carboxylic acids is 1. The van der Waals surface area contributed by atoms with E-state index in [1.165, 1.54) is 0 Å². The van der Waals surface area contributed by atoms with E-state index >= 15 is 0 Å². The minimum Gasteiger partial charge on any atom is -0.463 e. The average Bonchev–Trinajstić information content (AvgIpc) is 3.52. The predicted molar refractivity (Wildman–Crippen MR) is 123 cm³/mol. The van der Waals surface area contributed by atoms with Crippen molar-refractivity contribution in [2.75, 3.05) is 5.32 Å². The SMILES string of the molecule is Cc1nn(C)c2nc(-c3ccco3)cc(C(=O)Nc3ccc4oc5ccccc5c4c3)c12. The molecular weight excluding hydrogens is 404 g/mol. The number of benzene rings is 2. The van der Waals surface area contributed by atoms with Crippen LogP contribution in [0.1, 0.15) is 16.1 Å². The normalized spacial score (nSPS) is 11.6. The lowest BCUT2D eigenvalue weighted by Gasteiger charge is -2.09. The van der Waals surface area contributed by atoms with Crippen LogP contribution in [0.25, 0.3) is 44.4 Å². The summed E-state index contributed by atoms with van der Waals surface area (Å²) in [4.78, 5) is 18.1. The summed E-state index contributed by atoms with van der Waals surface area (Å²) in [5.74, 6) is 0.347. The van der Waals surface area contributed by atoms with Crippen LogP contribution in [0.5, 0.6) is 0 Å². The van der Waals surface area contributed by atoms with Crippen LogP contribution in [0.4, 0.5) is 5.69 Å². The van der Waals surface area contributed by atoms with E-state index in [2.05, 4.69) is 15.4 Å². The van der Waals surface area contributed by atoms with Crippen LogP contribution < -0.4 is 5.32 Å². The number of hydrogen-bond acceptors (Lipinski definition) is 5. The molecule has 0 bridgehead atoms. The number of rotatable bonds is 3. The van der Waals surface area contributed by atoms with Gasteiger partial charge in [0.15, 0.2) is 11.4 Å². The first-order valence-electron chi connectivity index (χ1n) is 10.2. The first kappa shape index (κ1) is 18.4. The number of nitrogens with one attached hydrogen (secondary N) is 1. The fourth-order valence-corrected chi connectivity index (χ4v) is 4.18. The molecule has 1 amide bonds. The molecule has 0 aliphatic rings. The van der Waals surface area contributed by atoms with Crippen LogP contribution in [0.2, 0.25) is 0 Å². The van der Waals surface area contributed by atoms with E-state index in [9.17, 15) is 4.79 Å². The highest BCUT2D eigenvalue weighted by molar-refractivity contribution is 6.14. The van der Waals surface area contributed by atoms with Gasteiger partial charge in [-0.3, -0.25) is 9.48 Å². The summed E-state index contributed by atoms with van der Waals surface area (Å²) in [6.45, 7) is 1.87. The number of aryl methyl sites for hydroxylation is 2. The maximum absolute atomic E-state index is 13.4. The minimum absolute atomic E-state index is 0.242. The van der Waals surface area contributed by atoms with E-state index in [4.69, 9.17) is 8.83 Å². The van der Waals surface area contributed by atoms with Gasteiger partial charge in [-0.1, -0.05) is 18.2 Å². The Bertz CT molecular complexity index is 1640. The van der Waals surface area contributed by atoms with Gasteiger partial charge in [0.25, 0.3) is 5.91 Å². The van der Waals surface area contributed by atoms with Crippen molar-refractivity contribution >= 4 is 44.6 Å². The fourth-order valence-electron chi connectivity index (χ4n) is 4.18. The summed E-state index contributed by atoms with van der Waals surface area (Å²) in [6, 6.07) is 18.8. The summed E-state index contributed by atoms with van der Waals surface area (Å²) < 4.78 is 13.1. The molecule has 0 saturated carbocycles. The number of anilines is 1. The van der Waals surface area contributed by atoms with Crippen molar-refractivity contribution in [3.63, 3.8) is 0 Å². The Balaban J connectivity index is 1.46. The lowest BCUT2D eigenvalue weighted by molar-refractivity contribution is 0.102. The molecule has 0 aliphatic heterocycles. The van der Waals surface area contributed by atoms with Crippen molar-refractivity contribution in [1.29, 1.82) is 0 Å². The topological polar surface area (TPSA) is 86.1 Å². The molecule has 0 saturated heterocycles. The summed E-state index contributed by atoms with van der Waals surface area (Å²) in [6.07, 6.45) is 1.58. The lowest BCUT2D eigenvalue weighted by Crippen LogP contribution is -2.13. The number of para-hydroxylation sites is 1. The molecule has 1 N–H and O–H groups in total. The van der Waals surface area contributed by atoms with Crippen LogP contribution in [-0.4, -0.2) is 20.7 Å². The molecule has 0 unspecified atom stereocenters. The zero-order valence-corrected chi connectivity index (χ0v) is 17.4. The number of amides is 1. The fraction of sp³-hybridized carbons (Fsp3) is 0.0800. The van der Waals surface area contributed by atoms with Crippen molar-refractivity contribution in [1.82, 2.24) is 14.8 Å². The second-order valence-corrected chi connectivity index (χ2v) is 7.70. The third kappa shape index (κ3) is 2.79. The lowest BCUT2D eigenvalue weighted by atomic mass is 10.1. The first-order valence-corrected chi connectivity index (χ1v) is 10.2. The Morgan fingerprint density at radius 1 is 1.00 bits per heavy atom. The van der Waals surface area contributed by atoms with E-state index in [1.54, 1.807) is 23.1 Å². The molecule has 0 radical (unpaired) electrons. The van der Waals surface area contributed by atoms with Gasteiger partial charge in [-0.2, -0.15) is 5.10 Å². The molecule has 0 atom stereocenters. The number of furan rings is 2. The highest BCUT2D eigenvalue weighted by Gasteiger charge is 2.20. The monoisotopic (exact) mass is 422 g/mol. The molecule has 4 aromatic heterocycles. The van der Waals surface area contributed by atoms with Gasteiger partial charge in [0.2, 0.25) is 0 Å². The van der Waals surface area contributed by atoms with Gasteiger partial charge in [-0.15, -0.1) is 0 Å². The molecule has 7 heteroatoms. The molecule has 156 valence electrons. The van der Waals surface area contributed by atoms with Crippen molar-refractivity contribution in [2.24, 2.45) is 7.05 Å². The van der Waals surface area contributed by atoms with Gasteiger partial charge in [0.1, 0.15) is 16.9 Å². The average molecular weight is 422 g/mol. The standard InChI is InChI=1S/C25H18N4O3/c1-14-23-18(13-19(22-8-5-11-31-22)27-24(23)29(2)28-14)25(30)26-15-9-10-21-17(12-15)16-6-3-4-7-20(16)32-21/h3-13H,1-2H3,(H,26,30). The zero-order chi connectivity index (χ0) is 21.8. The number of aromatic nitrogens is 3. The van der Waals surface area contributed by atoms with Crippen LogP contribution in [0.15, 0.2) is 75.8 Å². The molecular formula is C25H18N4O3. The molecule has 7 nitrogen and oxygen atoms in total. The minimum atomic E-state index is -0.242. The molecule has 2 aromatic carbocycles. The number of carbonyl (C=O) groups is 1. The number of fused-ring (bicyclic) bond motifs is 4. The molecule has 6 aromatic rings. The Kier molecular flexibility index (Phi) is 3.91. The second kappa shape index (κ2) is 6.81. The molecule has 0 aliphatic carbocycles. The van der Waals surface area contributed by atoms with E-state index in [1.807, 2.05) is 62.5 Å². The summed E-state index contributed by atoms with van der Waals surface area (Å²) in [5.41, 5.74) is 4.70. The van der Waals surface area contributed by atoms with E-state index < -0.39 is 0 Å². The van der Waals surface area contributed by atoms with Gasteiger partial charge in [0.05, 0.1) is 22.9 Å². The van der Waals surface area contributed by atoms with Gasteiger partial charge in [0, 0.05) is 23.5 Å². The van der Waals surface area contributed by atoms with E-state index in [0.717, 1.165) is 33.0 Å². The maximum atomic E-state index is 13.4. The van der Waals surface area contributed by atoms with Crippen molar-refractivity contribution in [3.05, 3.63) is 78.2 Å². The van der Waals surface area contributed by atoms with Crippen molar-refractivity contribution < 1.29 is 13.6 Å². The van der Waals surface area contributed by atoms with Crippen LogP contribution >= 0.6 is 0 Å². The summed E-state index contributed by atoms with van der Waals surface area (Å²) >= 11 is 0. The van der Waals surface area contributed by atoms with Gasteiger partial charge in [-0.25, -0.2) is 4.98 Å². The van der Waals surface area contributed by atoms with Crippen LogP contribution in [0, 0.1) is 6.92 Å². The Morgan fingerprint density at radius 3 is 2.69 bits per heavy atom. The van der Waals surface area contributed by atoms with Crippen molar-refractivity contribution in [3.8, 4) is 11.5 Å². The number of pyridine rings is 1. The zero-order valence-electron chi connectivity index (χ0n) is 17.4. The Hall–Kier alpha value is -4.39. The molecule has 32 heavy (non-hydrogen) atoms. The quantitative estimate of drug-likeness (QED) is 0.396. The summed E-state index contributed by atoms with van der Waals surface area (Å²) in [5, 5.41) is 10.2. The van der Waals surface area contributed by atoms with E-state index in [0.29, 0.717) is 28.4 Å². The number of hydrogen-bond donors (Lipinski definition) is 1. The summed E-state index contributed by atoms with van der Waals surface area (Å²) in [7, 11) is 1.81. The Labute approximate surface area is 182 Å². The molecule has 0 spiro atoms. The van der Waals surface area contributed by atoms with E-state index in [-0.39, 0.29) is 5.91 Å². The predicted octanol–water partition coefficient (Wildman–Crippen LogP) is 5.69. The van der Waals surface area contributed by atoms with Gasteiger partial charge < -0.3 is 14.2 Å². The largest absolute Gasteiger partial charge is 0.463 e. The second-order valence-electron chi connectivity index (χ2n) is 7.70. The maximum Gasteiger partial charge on any atom is 0.256 e. The highest BCUT2D eigenvalue weighted by Crippen LogP contribution is 2.32. The van der Waals surface area contributed by atoms with Crippen molar-refractivity contribution in [2.45, 2.75) is 6.92 Å². The Morgan fingerprint density at radius 2 is 1.84 bits per heavy atom. The van der Waals surface area contributed by atoms with Gasteiger partial charge in [-0.05, 0) is 49.4 Å². The van der Waals surface area contributed by atoms with Gasteiger partial charge >= 0.3 is 0 Å². The van der Waals surface area contributed by atoms with Crippen LogP contribution in [-0.2, 0) is 7.05 Å².